The van der Waals surface area contributed by atoms with Gasteiger partial charge < -0.3 is 14.6 Å². The average molecular weight is 461 g/mol. The number of nitrogens with zero attached hydrogens (tertiary/aromatic N) is 3. The number of imide groups is 1. The largest absolute Gasteiger partial charge is 0.497 e. The molecule has 8 nitrogen and oxygen atoms in total. The van der Waals surface area contributed by atoms with E-state index < -0.39 is 5.41 Å². The molecule has 3 amide bonds. The van der Waals surface area contributed by atoms with Crippen molar-refractivity contribution in [2.24, 2.45) is 0 Å². The predicted molar refractivity (Wildman–Crippen MR) is 126 cm³/mol. The minimum atomic E-state index is -1.22. The molecule has 3 aromatic rings. The van der Waals surface area contributed by atoms with E-state index in [0.29, 0.717) is 17.9 Å². The average Bonchev–Trinajstić information content (AvgIpc) is 3.39. The molecule has 1 aromatic heterocycles. The van der Waals surface area contributed by atoms with Crippen molar-refractivity contribution in [2.45, 2.75) is 43.6 Å². The van der Waals surface area contributed by atoms with Crippen LogP contribution in [0.4, 0.5) is 0 Å². The van der Waals surface area contributed by atoms with E-state index >= 15 is 0 Å². The summed E-state index contributed by atoms with van der Waals surface area (Å²) in [7, 11) is 3.05. The number of piperidine rings is 1. The number of nitrogens with one attached hydrogen (secondary N) is 1. The molecule has 2 fully saturated rings. The molecule has 2 unspecified atom stereocenters. The Bertz CT molecular complexity index is 1220. The first-order chi connectivity index (χ1) is 16.4. The molecule has 0 bridgehead atoms. The number of hydrogen-bond acceptors (Lipinski definition) is 5. The zero-order chi connectivity index (χ0) is 23.9. The Morgan fingerprint density at radius 3 is 2.59 bits per heavy atom. The normalized spacial score (nSPS) is 23.1. The molecule has 5 rings (SSSR count). The number of aromatic amines is 1. The molecule has 3 heterocycles. The van der Waals surface area contributed by atoms with Crippen LogP contribution in [0.5, 0.6) is 5.75 Å². The first-order valence-corrected chi connectivity index (χ1v) is 11.6. The summed E-state index contributed by atoms with van der Waals surface area (Å²) in [6.45, 7) is 0.594. The maximum Gasteiger partial charge on any atom is 0.240 e. The fourth-order valence-electron chi connectivity index (χ4n) is 5.27. The number of hydrogen-bond donors (Lipinski definition) is 1. The smallest absolute Gasteiger partial charge is 0.240 e. The maximum atomic E-state index is 13.8. The van der Waals surface area contributed by atoms with Crippen LogP contribution in [0.15, 0.2) is 48.5 Å². The molecule has 0 saturated carbocycles. The van der Waals surface area contributed by atoms with Crippen LogP contribution < -0.4 is 4.74 Å². The van der Waals surface area contributed by atoms with Crippen molar-refractivity contribution >= 4 is 28.8 Å². The Morgan fingerprint density at radius 2 is 1.91 bits per heavy atom. The van der Waals surface area contributed by atoms with Crippen LogP contribution >= 0.6 is 0 Å². The number of likely N-dealkylation sites (N-methyl/N-ethyl adjacent to an activating group) is 1. The van der Waals surface area contributed by atoms with Gasteiger partial charge in [-0.2, -0.15) is 0 Å². The van der Waals surface area contributed by atoms with Crippen molar-refractivity contribution < 1.29 is 19.1 Å². The number of carbonyl (C=O) groups is 3. The van der Waals surface area contributed by atoms with Gasteiger partial charge >= 0.3 is 0 Å². The van der Waals surface area contributed by atoms with Crippen LogP contribution in [-0.2, 0) is 19.8 Å². The summed E-state index contributed by atoms with van der Waals surface area (Å²) < 4.78 is 5.25. The Morgan fingerprint density at radius 1 is 1.15 bits per heavy atom. The third-order valence-electron chi connectivity index (χ3n) is 7.18. The van der Waals surface area contributed by atoms with Crippen molar-refractivity contribution in [1.82, 2.24) is 19.8 Å². The molecule has 0 radical (unpaired) electrons. The van der Waals surface area contributed by atoms with E-state index in [1.54, 1.807) is 31.4 Å². The van der Waals surface area contributed by atoms with Crippen molar-refractivity contribution in [1.29, 1.82) is 0 Å². The Balaban J connectivity index is 1.48. The fourth-order valence-corrected chi connectivity index (χ4v) is 5.27. The monoisotopic (exact) mass is 460 g/mol. The highest BCUT2D eigenvalue weighted by Gasteiger charge is 2.53. The first kappa shape index (κ1) is 22.1. The molecule has 0 aliphatic carbocycles. The van der Waals surface area contributed by atoms with E-state index in [1.165, 1.54) is 7.05 Å². The third kappa shape index (κ3) is 3.63. The van der Waals surface area contributed by atoms with E-state index in [4.69, 9.17) is 9.72 Å². The zero-order valence-corrected chi connectivity index (χ0v) is 19.4. The van der Waals surface area contributed by atoms with Crippen molar-refractivity contribution in [3.8, 4) is 5.75 Å². The second-order valence-electron chi connectivity index (χ2n) is 9.16. The van der Waals surface area contributed by atoms with Gasteiger partial charge in [0.2, 0.25) is 17.7 Å². The van der Waals surface area contributed by atoms with Gasteiger partial charge in [-0.3, -0.25) is 19.3 Å². The fraction of sp³-hybridized carbons (Fsp3) is 0.385. The Hall–Kier alpha value is -3.68. The summed E-state index contributed by atoms with van der Waals surface area (Å²) in [4.78, 5) is 50.8. The van der Waals surface area contributed by atoms with E-state index in [-0.39, 0.29) is 36.6 Å². The molecule has 2 saturated heterocycles. The van der Waals surface area contributed by atoms with Gasteiger partial charge in [0.05, 0.1) is 29.6 Å². The van der Waals surface area contributed by atoms with Gasteiger partial charge in [-0.15, -0.1) is 0 Å². The Labute approximate surface area is 197 Å². The summed E-state index contributed by atoms with van der Waals surface area (Å²) in [5.41, 5.74) is 1.24. The number of amides is 3. The van der Waals surface area contributed by atoms with Gasteiger partial charge in [-0.05, 0) is 49.1 Å². The molecule has 2 aliphatic heterocycles. The number of carbonyl (C=O) groups excluding carboxylic acids is 3. The number of aromatic nitrogens is 2. The van der Waals surface area contributed by atoms with E-state index in [9.17, 15) is 14.4 Å². The van der Waals surface area contributed by atoms with Crippen LogP contribution in [-0.4, -0.2) is 58.2 Å². The SMILES string of the molecule is COc1ccc(C2(CC(=O)N3CCCCC3c3nc4ccccc4[nH]3)CC(=O)N(C)C2=O)cc1. The number of imidazole rings is 1. The summed E-state index contributed by atoms with van der Waals surface area (Å²) in [5.74, 6) is 0.654. The standard InChI is InChI=1S/C26H28N4O4/c1-29-22(31)15-26(25(29)33,17-10-12-18(34-2)13-11-17)16-23(32)30-14-6-5-9-21(30)24-27-19-7-3-4-8-20(19)28-24/h3-4,7-8,10-13,21H,5-6,9,14-16H2,1-2H3,(H,27,28). The van der Waals surface area contributed by atoms with Gasteiger partial charge in [0.25, 0.3) is 0 Å². The lowest BCUT2D eigenvalue weighted by Gasteiger charge is -2.37. The lowest BCUT2D eigenvalue weighted by Crippen LogP contribution is -2.45. The first-order valence-electron chi connectivity index (χ1n) is 11.6. The summed E-state index contributed by atoms with van der Waals surface area (Å²) in [6.07, 6.45) is 2.60. The lowest BCUT2D eigenvalue weighted by atomic mass is 9.75. The van der Waals surface area contributed by atoms with Crippen LogP contribution in [0.1, 0.15) is 49.5 Å². The van der Waals surface area contributed by atoms with E-state index in [1.807, 2.05) is 29.2 Å². The lowest BCUT2D eigenvalue weighted by molar-refractivity contribution is -0.143. The highest BCUT2D eigenvalue weighted by Crippen LogP contribution is 2.42. The van der Waals surface area contributed by atoms with Gasteiger partial charge in [-0.1, -0.05) is 24.3 Å². The second kappa shape index (κ2) is 8.59. The van der Waals surface area contributed by atoms with Crippen molar-refractivity contribution in [3.63, 3.8) is 0 Å². The second-order valence-corrected chi connectivity index (χ2v) is 9.16. The predicted octanol–water partition coefficient (Wildman–Crippen LogP) is 3.34. The third-order valence-corrected chi connectivity index (χ3v) is 7.18. The molecular weight excluding hydrogens is 432 g/mol. The number of rotatable bonds is 5. The summed E-state index contributed by atoms with van der Waals surface area (Å²) in [6, 6.07) is 14.7. The molecular formula is C26H28N4O4. The van der Waals surface area contributed by atoms with Crippen molar-refractivity contribution in [2.75, 3.05) is 20.7 Å². The number of fused-ring (bicyclic) bond motifs is 1. The van der Waals surface area contributed by atoms with E-state index in [2.05, 4.69) is 4.98 Å². The van der Waals surface area contributed by atoms with Crippen molar-refractivity contribution in [3.05, 3.63) is 59.9 Å². The van der Waals surface area contributed by atoms with Crippen LogP contribution in [0.25, 0.3) is 11.0 Å². The number of ether oxygens (including phenoxy) is 1. The zero-order valence-electron chi connectivity index (χ0n) is 19.4. The van der Waals surface area contributed by atoms with Crippen LogP contribution in [0, 0.1) is 0 Å². The number of benzene rings is 2. The van der Waals surface area contributed by atoms with Crippen LogP contribution in [0.2, 0.25) is 0 Å². The molecule has 8 heteroatoms. The molecule has 2 aromatic carbocycles. The number of para-hydroxylation sites is 2. The molecule has 2 aliphatic rings. The molecule has 0 spiro atoms. The molecule has 1 N–H and O–H groups in total. The highest BCUT2D eigenvalue weighted by molar-refractivity contribution is 6.10. The van der Waals surface area contributed by atoms with Gasteiger partial charge in [0, 0.05) is 26.4 Å². The maximum absolute atomic E-state index is 13.8. The molecule has 34 heavy (non-hydrogen) atoms. The molecule has 176 valence electrons. The minimum Gasteiger partial charge on any atom is -0.497 e. The van der Waals surface area contributed by atoms with Gasteiger partial charge in [0.15, 0.2) is 0 Å². The number of methoxy groups -OCH3 is 1. The topological polar surface area (TPSA) is 95.6 Å². The van der Waals surface area contributed by atoms with Gasteiger partial charge in [0.1, 0.15) is 11.6 Å². The Kier molecular flexibility index (Phi) is 5.59. The minimum absolute atomic E-state index is 0.0243. The number of H-pyrrole nitrogens is 1. The molecule has 2 atom stereocenters. The quantitative estimate of drug-likeness (QED) is 0.589. The van der Waals surface area contributed by atoms with E-state index in [0.717, 1.165) is 41.0 Å². The summed E-state index contributed by atoms with van der Waals surface area (Å²) >= 11 is 0. The van der Waals surface area contributed by atoms with Gasteiger partial charge in [-0.25, -0.2) is 4.98 Å². The highest BCUT2D eigenvalue weighted by atomic mass is 16.5. The number of likely N-dealkylation sites (tertiary alicyclic amines) is 2. The van der Waals surface area contributed by atoms with Crippen LogP contribution in [0.3, 0.4) is 0 Å². The summed E-state index contributed by atoms with van der Waals surface area (Å²) in [5, 5.41) is 0.